The third-order valence-electron chi connectivity index (χ3n) is 0.655. The van der Waals surface area contributed by atoms with Gasteiger partial charge in [-0.25, -0.2) is 0 Å². The summed E-state index contributed by atoms with van der Waals surface area (Å²) in [6.45, 7) is 0. The maximum atomic E-state index is 2.12. The molecule has 0 aliphatic heterocycles. The topological polar surface area (TPSA) is 0 Å². The Labute approximate surface area is 98.6 Å². The van der Waals surface area contributed by atoms with E-state index in [-0.39, 0.29) is 70.3 Å². The minimum atomic E-state index is 0. The van der Waals surface area contributed by atoms with E-state index < -0.39 is 0 Å². The van der Waals surface area contributed by atoms with Crippen LogP contribution in [0.1, 0.15) is 7.85 Å². The van der Waals surface area contributed by atoms with Gasteiger partial charge < -0.3 is 1.43 Å². The molecule has 0 saturated heterocycles. The number of rotatable bonds is 0. The van der Waals surface area contributed by atoms with Crippen molar-refractivity contribution in [3.63, 3.8) is 0 Å². The van der Waals surface area contributed by atoms with E-state index in [4.69, 9.17) is 0 Å². The summed E-state index contributed by atoms with van der Waals surface area (Å²) in [5, 5.41) is 0. The van der Waals surface area contributed by atoms with Crippen molar-refractivity contribution in [1.82, 2.24) is 0 Å². The average Bonchev–Trinajstić information content (AvgIpc) is 1.76. The van der Waals surface area contributed by atoms with Crippen LogP contribution in [0, 0.1) is 0 Å². The first-order chi connectivity index (χ1) is 2.50. The van der Waals surface area contributed by atoms with Crippen LogP contribution in [0.15, 0.2) is 24.3 Å². The van der Waals surface area contributed by atoms with Gasteiger partial charge in [-0.05, 0) is 6.42 Å². The summed E-state index contributed by atoms with van der Waals surface area (Å²) < 4.78 is 0. The second-order valence-corrected chi connectivity index (χ2v) is 1.09. The fourth-order valence-electron chi connectivity index (χ4n) is 0.393. The van der Waals surface area contributed by atoms with E-state index in [1.807, 2.05) is 0 Å². The van der Waals surface area contributed by atoms with E-state index in [9.17, 15) is 0 Å². The Kier molecular flexibility index (Phi) is 5.88. The van der Waals surface area contributed by atoms with Gasteiger partial charge >= 0.3 is 68.9 Å². The molecule has 0 heterocycles. The van der Waals surface area contributed by atoms with Crippen molar-refractivity contribution in [1.29, 1.82) is 0 Å². The summed E-state index contributed by atoms with van der Waals surface area (Å²) in [4.78, 5) is 0. The predicted molar refractivity (Wildman–Crippen MR) is 24.0 cm³/mol. The van der Waals surface area contributed by atoms with Gasteiger partial charge in [-0.2, -0.15) is 0 Å². The molecule has 0 aromatic carbocycles. The van der Waals surface area contributed by atoms with E-state index >= 15 is 0 Å². The zero-order valence-electron chi connectivity index (χ0n) is 5.02. The molecule has 0 amide bonds. The van der Waals surface area contributed by atoms with Gasteiger partial charge in [0, 0.05) is 0 Å². The fraction of sp³-hybridized carbons (Fsp3) is 0.200. The van der Waals surface area contributed by atoms with E-state index in [1.54, 1.807) is 0 Å². The quantitative estimate of drug-likeness (QED) is 0.452. The zero-order valence-corrected chi connectivity index (χ0v) is 10.3. The van der Waals surface area contributed by atoms with Crippen molar-refractivity contribution in [2.75, 3.05) is 0 Å². The monoisotopic (exact) mass is 200 g/mol. The van der Waals surface area contributed by atoms with E-state index in [0.29, 0.717) is 0 Å². The number of hydrogen-bond acceptors (Lipinski definition) is 0. The molecule has 0 radical (unpaired) electrons. The Morgan fingerprint density at radius 1 is 1.17 bits per heavy atom. The van der Waals surface area contributed by atoms with E-state index in [1.165, 1.54) is 0 Å². The molecule has 1 aliphatic rings. The Hall–Kier alpha value is 1.53. The van der Waals surface area contributed by atoms with Crippen molar-refractivity contribution in [2.45, 2.75) is 6.42 Å². The largest absolute Gasteiger partial charge is 1.00 e. The van der Waals surface area contributed by atoms with Crippen LogP contribution in [0.25, 0.3) is 0 Å². The molecular weight excluding hydrogens is 193 g/mol. The molecule has 0 spiro atoms. The SMILES string of the molecule is C1=CCC=C1.[Cs+].[H-]. The van der Waals surface area contributed by atoms with E-state index in [2.05, 4.69) is 24.3 Å². The molecular formula is C5H7Cs. The van der Waals surface area contributed by atoms with Crippen molar-refractivity contribution in [3.8, 4) is 0 Å². The number of hydrogen-bond donors (Lipinski definition) is 0. The van der Waals surface area contributed by atoms with Crippen molar-refractivity contribution in [3.05, 3.63) is 24.3 Å². The minimum Gasteiger partial charge on any atom is -1.00 e. The molecule has 0 N–H and O–H groups in total. The molecule has 0 aromatic rings. The van der Waals surface area contributed by atoms with E-state index in [0.717, 1.165) is 6.42 Å². The molecule has 0 aromatic heterocycles. The van der Waals surface area contributed by atoms with Crippen LogP contribution < -0.4 is 68.9 Å². The molecule has 28 valence electrons. The van der Waals surface area contributed by atoms with Crippen molar-refractivity contribution >= 4 is 0 Å². The van der Waals surface area contributed by atoms with Crippen LogP contribution in [0.3, 0.4) is 0 Å². The Morgan fingerprint density at radius 2 is 1.67 bits per heavy atom. The average molecular weight is 200 g/mol. The summed E-state index contributed by atoms with van der Waals surface area (Å²) in [5.74, 6) is 0. The minimum absolute atomic E-state index is 0. The van der Waals surface area contributed by atoms with Gasteiger partial charge in [0.1, 0.15) is 0 Å². The van der Waals surface area contributed by atoms with Crippen LogP contribution in [0.4, 0.5) is 0 Å². The van der Waals surface area contributed by atoms with Gasteiger partial charge in [0.05, 0.1) is 0 Å². The molecule has 0 unspecified atom stereocenters. The van der Waals surface area contributed by atoms with Gasteiger partial charge in [-0.3, -0.25) is 0 Å². The van der Waals surface area contributed by atoms with Crippen molar-refractivity contribution in [2.24, 2.45) is 0 Å². The summed E-state index contributed by atoms with van der Waals surface area (Å²) in [6.07, 6.45) is 9.50. The summed E-state index contributed by atoms with van der Waals surface area (Å²) >= 11 is 0. The normalized spacial score (nSPS) is 14.7. The van der Waals surface area contributed by atoms with Gasteiger partial charge in [0.25, 0.3) is 0 Å². The first kappa shape index (κ1) is 7.53. The first-order valence-corrected chi connectivity index (χ1v) is 1.82. The molecule has 0 nitrogen and oxygen atoms in total. The summed E-state index contributed by atoms with van der Waals surface area (Å²) in [5.41, 5.74) is 0. The van der Waals surface area contributed by atoms with Gasteiger partial charge in [0.15, 0.2) is 0 Å². The van der Waals surface area contributed by atoms with Crippen LogP contribution in [0.2, 0.25) is 0 Å². The zero-order chi connectivity index (χ0) is 3.54. The van der Waals surface area contributed by atoms with Gasteiger partial charge in [-0.1, -0.05) is 24.3 Å². The predicted octanol–water partition coefficient (Wildman–Crippen LogP) is -1.38. The molecule has 1 rings (SSSR count). The molecule has 0 saturated carbocycles. The van der Waals surface area contributed by atoms with Crippen LogP contribution >= 0.6 is 0 Å². The summed E-state index contributed by atoms with van der Waals surface area (Å²) in [7, 11) is 0. The van der Waals surface area contributed by atoms with Crippen LogP contribution in [0.5, 0.6) is 0 Å². The standard InChI is InChI=1S/C5H6.Cs.H/c1-2-4-5-3-1;;/h1-4H,5H2;;/q;+1;-1. The third-order valence-corrected chi connectivity index (χ3v) is 0.655. The summed E-state index contributed by atoms with van der Waals surface area (Å²) in [6, 6.07) is 0. The second kappa shape index (κ2) is 4.69. The first-order valence-electron chi connectivity index (χ1n) is 1.82. The molecule has 0 fully saturated rings. The second-order valence-electron chi connectivity index (χ2n) is 1.09. The molecule has 1 aliphatic carbocycles. The maximum Gasteiger partial charge on any atom is 1.00 e. The molecule has 6 heavy (non-hydrogen) atoms. The van der Waals surface area contributed by atoms with Crippen LogP contribution in [-0.4, -0.2) is 0 Å². The Bertz CT molecular complexity index is 66.1. The number of allylic oxidation sites excluding steroid dienone is 4. The van der Waals surface area contributed by atoms with Crippen LogP contribution in [-0.2, 0) is 0 Å². The maximum absolute atomic E-state index is 2.12. The van der Waals surface area contributed by atoms with Gasteiger partial charge in [-0.15, -0.1) is 0 Å². The smallest absolute Gasteiger partial charge is 1.00 e. The van der Waals surface area contributed by atoms with Crippen molar-refractivity contribution < 1.29 is 70.3 Å². The Balaban J connectivity index is 0. The third kappa shape index (κ3) is 2.66. The fourth-order valence-corrected chi connectivity index (χ4v) is 0.393. The molecule has 1 heteroatoms. The molecule has 0 bridgehead atoms. The Morgan fingerprint density at radius 3 is 1.83 bits per heavy atom. The molecule has 0 atom stereocenters. The van der Waals surface area contributed by atoms with Gasteiger partial charge in [0.2, 0.25) is 0 Å².